The predicted molar refractivity (Wildman–Crippen MR) is 92.2 cm³/mol. The van der Waals surface area contributed by atoms with E-state index in [-0.39, 0.29) is 11.5 Å². The summed E-state index contributed by atoms with van der Waals surface area (Å²) < 4.78 is 0. The molecule has 1 amide bonds. The zero-order valence-corrected chi connectivity index (χ0v) is 13.8. The van der Waals surface area contributed by atoms with Crippen LogP contribution in [-0.2, 0) is 4.79 Å². The van der Waals surface area contributed by atoms with Crippen molar-refractivity contribution in [2.24, 2.45) is 0 Å². The van der Waals surface area contributed by atoms with Crippen LogP contribution in [0.1, 0.15) is 62.2 Å². The van der Waals surface area contributed by atoms with Gasteiger partial charge >= 0.3 is 5.97 Å². The minimum absolute atomic E-state index is 0.0642. The highest BCUT2D eigenvalue weighted by atomic mass is 16.4. The fourth-order valence-electron chi connectivity index (χ4n) is 2.93. The summed E-state index contributed by atoms with van der Waals surface area (Å²) in [6, 6.07) is 5.20. The quantitative estimate of drug-likeness (QED) is 0.835. The van der Waals surface area contributed by atoms with E-state index in [1.54, 1.807) is 12.1 Å². The van der Waals surface area contributed by atoms with Gasteiger partial charge in [-0.2, -0.15) is 0 Å². The van der Waals surface area contributed by atoms with Crippen LogP contribution in [0.25, 0.3) is 0 Å². The maximum atomic E-state index is 11.8. The molecular formula is C18H26N2O3. The van der Waals surface area contributed by atoms with Crippen LogP contribution in [0.5, 0.6) is 0 Å². The number of carbonyl (C=O) groups excluding carboxylic acids is 1. The Labute approximate surface area is 137 Å². The average molecular weight is 318 g/mol. The van der Waals surface area contributed by atoms with Crippen molar-refractivity contribution in [3.63, 3.8) is 0 Å². The first-order chi connectivity index (χ1) is 11.1. The van der Waals surface area contributed by atoms with Crippen molar-refractivity contribution < 1.29 is 14.7 Å². The minimum atomic E-state index is -0.950. The lowest BCUT2D eigenvalue weighted by Gasteiger charge is -2.24. The van der Waals surface area contributed by atoms with Crippen molar-refractivity contribution in [2.75, 3.05) is 23.3 Å². The van der Waals surface area contributed by atoms with E-state index < -0.39 is 5.97 Å². The number of nitrogens with one attached hydrogen (secondary N) is 1. The zero-order valence-electron chi connectivity index (χ0n) is 13.8. The Morgan fingerprint density at radius 2 is 1.87 bits per heavy atom. The lowest BCUT2D eigenvalue weighted by Crippen LogP contribution is -2.26. The molecule has 0 atom stereocenters. The first-order valence-electron chi connectivity index (χ1n) is 8.54. The van der Waals surface area contributed by atoms with Gasteiger partial charge in [0.05, 0.1) is 11.3 Å². The second-order valence-electron chi connectivity index (χ2n) is 6.09. The number of aromatic carboxylic acids is 1. The van der Waals surface area contributed by atoms with E-state index in [2.05, 4.69) is 10.2 Å². The largest absolute Gasteiger partial charge is 0.478 e. The van der Waals surface area contributed by atoms with Gasteiger partial charge in [0.1, 0.15) is 0 Å². The van der Waals surface area contributed by atoms with Crippen LogP contribution in [0, 0.1) is 0 Å². The summed E-state index contributed by atoms with van der Waals surface area (Å²) in [5.41, 5.74) is 1.58. The fourth-order valence-corrected chi connectivity index (χ4v) is 2.93. The Bertz CT molecular complexity index is 549. The molecule has 2 N–H and O–H groups in total. The smallest absolute Gasteiger partial charge is 0.337 e. The normalized spacial score (nSPS) is 15.1. The molecule has 0 spiro atoms. The molecule has 2 rings (SSSR count). The summed E-state index contributed by atoms with van der Waals surface area (Å²) in [6.07, 6.45) is 6.84. The van der Waals surface area contributed by atoms with Crippen molar-refractivity contribution in [1.29, 1.82) is 0 Å². The molecule has 126 valence electrons. The van der Waals surface area contributed by atoms with E-state index in [0.717, 1.165) is 44.5 Å². The molecule has 0 unspecified atom stereocenters. The Balaban J connectivity index is 2.17. The fraction of sp³-hybridized carbons (Fsp3) is 0.556. The second kappa shape index (κ2) is 8.56. The number of amides is 1. The maximum Gasteiger partial charge on any atom is 0.337 e. The van der Waals surface area contributed by atoms with Crippen LogP contribution < -0.4 is 10.2 Å². The molecule has 23 heavy (non-hydrogen) atoms. The highest BCUT2D eigenvalue weighted by Crippen LogP contribution is 2.27. The van der Waals surface area contributed by atoms with Gasteiger partial charge in [-0.05, 0) is 37.5 Å². The molecule has 1 heterocycles. The molecule has 0 radical (unpaired) electrons. The highest BCUT2D eigenvalue weighted by Gasteiger charge is 2.18. The summed E-state index contributed by atoms with van der Waals surface area (Å²) in [4.78, 5) is 25.6. The van der Waals surface area contributed by atoms with Crippen LogP contribution in [0.15, 0.2) is 18.2 Å². The lowest BCUT2D eigenvalue weighted by molar-refractivity contribution is -0.116. The number of carboxylic acid groups (broad SMARTS) is 1. The molecule has 1 saturated heterocycles. The zero-order chi connectivity index (χ0) is 16.7. The molecule has 0 aliphatic carbocycles. The topological polar surface area (TPSA) is 69.6 Å². The van der Waals surface area contributed by atoms with E-state index in [1.165, 1.54) is 12.8 Å². The Kier molecular flexibility index (Phi) is 6.44. The predicted octanol–water partition coefficient (Wildman–Crippen LogP) is 3.89. The molecule has 1 aromatic rings. The number of rotatable bonds is 6. The van der Waals surface area contributed by atoms with E-state index in [0.29, 0.717) is 12.1 Å². The Hall–Kier alpha value is -2.04. The molecule has 1 aliphatic rings. The van der Waals surface area contributed by atoms with Gasteiger partial charge in [0, 0.05) is 25.2 Å². The Morgan fingerprint density at radius 1 is 1.17 bits per heavy atom. The van der Waals surface area contributed by atoms with E-state index in [4.69, 9.17) is 0 Å². The standard InChI is InChI=1S/C18H26N2O3/c1-2-3-8-17(21)19-14-9-10-16(15(13-14)18(22)23)20-11-6-4-5-7-12-20/h9-10,13H,2-8,11-12H2,1H3,(H,19,21)(H,22,23). The van der Waals surface area contributed by atoms with E-state index in [9.17, 15) is 14.7 Å². The minimum Gasteiger partial charge on any atom is -0.478 e. The van der Waals surface area contributed by atoms with Crippen LogP contribution in [0.2, 0.25) is 0 Å². The number of hydrogen-bond donors (Lipinski definition) is 2. The van der Waals surface area contributed by atoms with Crippen molar-refractivity contribution in [3.05, 3.63) is 23.8 Å². The van der Waals surface area contributed by atoms with Gasteiger partial charge in [-0.3, -0.25) is 4.79 Å². The first kappa shape index (κ1) is 17.3. The summed E-state index contributed by atoms with van der Waals surface area (Å²) in [7, 11) is 0. The average Bonchev–Trinajstić information content (AvgIpc) is 2.82. The van der Waals surface area contributed by atoms with E-state index >= 15 is 0 Å². The van der Waals surface area contributed by atoms with Gasteiger partial charge in [-0.15, -0.1) is 0 Å². The van der Waals surface area contributed by atoms with Crippen molar-refractivity contribution in [1.82, 2.24) is 0 Å². The molecule has 0 bridgehead atoms. The summed E-state index contributed by atoms with van der Waals surface area (Å²) in [5, 5.41) is 12.3. The third-order valence-electron chi connectivity index (χ3n) is 4.21. The van der Waals surface area contributed by atoms with E-state index in [1.807, 2.05) is 13.0 Å². The summed E-state index contributed by atoms with van der Waals surface area (Å²) in [5.74, 6) is -1.01. The maximum absolute atomic E-state index is 11.8. The molecule has 5 heteroatoms. The third kappa shape index (κ3) is 4.98. The number of nitrogens with zero attached hydrogens (tertiary/aromatic N) is 1. The number of carbonyl (C=O) groups is 2. The van der Waals surface area contributed by atoms with Crippen molar-refractivity contribution >= 4 is 23.3 Å². The first-order valence-corrected chi connectivity index (χ1v) is 8.54. The third-order valence-corrected chi connectivity index (χ3v) is 4.21. The van der Waals surface area contributed by atoms with Gasteiger partial charge < -0.3 is 15.3 Å². The van der Waals surface area contributed by atoms with Gasteiger partial charge in [-0.1, -0.05) is 26.2 Å². The number of benzene rings is 1. The van der Waals surface area contributed by atoms with Gasteiger partial charge in [0.15, 0.2) is 0 Å². The van der Waals surface area contributed by atoms with Crippen LogP contribution in [0.3, 0.4) is 0 Å². The van der Waals surface area contributed by atoms with Crippen LogP contribution in [0.4, 0.5) is 11.4 Å². The molecular weight excluding hydrogens is 292 g/mol. The summed E-state index contributed by atoms with van der Waals surface area (Å²) >= 11 is 0. The number of unbranched alkanes of at least 4 members (excludes halogenated alkanes) is 1. The number of anilines is 2. The van der Waals surface area contributed by atoms with Crippen molar-refractivity contribution in [3.8, 4) is 0 Å². The van der Waals surface area contributed by atoms with Crippen LogP contribution >= 0.6 is 0 Å². The van der Waals surface area contributed by atoms with Gasteiger partial charge in [0.25, 0.3) is 0 Å². The molecule has 0 aromatic heterocycles. The number of carboxylic acids is 1. The molecule has 5 nitrogen and oxygen atoms in total. The Morgan fingerprint density at radius 3 is 2.48 bits per heavy atom. The highest BCUT2D eigenvalue weighted by molar-refractivity contribution is 5.98. The number of hydrogen-bond acceptors (Lipinski definition) is 3. The summed E-state index contributed by atoms with van der Waals surface area (Å²) in [6.45, 7) is 3.82. The van der Waals surface area contributed by atoms with Gasteiger partial charge in [0.2, 0.25) is 5.91 Å². The SMILES string of the molecule is CCCCC(=O)Nc1ccc(N2CCCCCC2)c(C(=O)O)c1. The molecule has 1 fully saturated rings. The monoisotopic (exact) mass is 318 g/mol. The molecule has 1 aliphatic heterocycles. The molecule has 1 aromatic carbocycles. The lowest BCUT2D eigenvalue weighted by atomic mass is 10.1. The van der Waals surface area contributed by atoms with Crippen molar-refractivity contribution in [2.45, 2.75) is 51.9 Å². The van der Waals surface area contributed by atoms with Crippen LogP contribution in [-0.4, -0.2) is 30.1 Å². The second-order valence-corrected chi connectivity index (χ2v) is 6.09. The van der Waals surface area contributed by atoms with Gasteiger partial charge in [-0.25, -0.2) is 4.79 Å². The molecule has 0 saturated carbocycles.